The van der Waals surface area contributed by atoms with E-state index >= 15 is 0 Å². The molecule has 0 saturated heterocycles. The average molecular weight is 389 g/mol. The highest BCUT2D eigenvalue weighted by Crippen LogP contribution is 2.19. The van der Waals surface area contributed by atoms with Crippen LogP contribution in [0.4, 0.5) is 4.39 Å². The summed E-state index contributed by atoms with van der Waals surface area (Å²) in [6.45, 7) is 3.07. The number of pyridine rings is 1. The highest BCUT2D eigenvalue weighted by Gasteiger charge is 2.11. The SMILES string of the molecule is Cc1nc2ccc(-c3ccc(F)cc3)nc2c(=O)n1CCOCc1ccccc1. The van der Waals surface area contributed by atoms with E-state index < -0.39 is 0 Å². The minimum atomic E-state index is -0.315. The average Bonchev–Trinajstić information content (AvgIpc) is 2.74. The maximum absolute atomic E-state index is 13.2. The molecule has 4 aromatic rings. The van der Waals surface area contributed by atoms with E-state index in [9.17, 15) is 9.18 Å². The molecule has 0 aliphatic rings. The smallest absolute Gasteiger partial charge is 0.280 e. The van der Waals surface area contributed by atoms with E-state index in [4.69, 9.17) is 4.74 Å². The van der Waals surface area contributed by atoms with Gasteiger partial charge in [-0.05, 0) is 48.9 Å². The van der Waals surface area contributed by atoms with Crippen LogP contribution in [0, 0.1) is 12.7 Å². The van der Waals surface area contributed by atoms with Crippen LogP contribution < -0.4 is 5.56 Å². The number of aryl methyl sites for hydroxylation is 1. The molecular weight excluding hydrogens is 369 g/mol. The zero-order valence-electron chi connectivity index (χ0n) is 16.0. The maximum atomic E-state index is 13.2. The lowest BCUT2D eigenvalue weighted by molar-refractivity contribution is 0.112. The van der Waals surface area contributed by atoms with Gasteiger partial charge in [0.05, 0.1) is 31.0 Å². The van der Waals surface area contributed by atoms with Crippen molar-refractivity contribution in [2.24, 2.45) is 0 Å². The Labute approximate surface area is 167 Å². The molecule has 2 heterocycles. The van der Waals surface area contributed by atoms with E-state index in [0.717, 1.165) is 11.1 Å². The fourth-order valence-corrected chi connectivity index (χ4v) is 3.17. The Balaban J connectivity index is 1.57. The van der Waals surface area contributed by atoms with Crippen molar-refractivity contribution in [3.8, 4) is 11.3 Å². The molecule has 0 unspecified atom stereocenters. The van der Waals surface area contributed by atoms with Gasteiger partial charge in [-0.3, -0.25) is 9.36 Å². The molecular formula is C23H20FN3O2. The van der Waals surface area contributed by atoms with Gasteiger partial charge in [0.1, 0.15) is 11.6 Å². The number of fused-ring (bicyclic) bond motifs is 1. The number of rotatable bonds is 6. The first-order valence-corrected chi connectivity index (χ1v) is 9.37. The minimum Gasteiger partial charge on any atom is -0.375 e. The summed E-state index contributed by atoms with van der Waals surface area (Å²) in [5, 5.41) is 0. The molecule has 0 radical (unpaired) electrons. The van der Waals surface area contributed by atoms with Gasteiger partial charge < -0.3 is 4.74 Å². The van der Waals surface area contributed by atoms with Crippen molar-refractivity contribution in [3.05, 3.63) is 94.3 Å². The van der Waals surface area contributed by atoms with Crippen molar-refractivity contribution in [1.29, 1.82) is 0 Å². The zero-order chi connectivity index (χ0) is 20.2. The van der Waals surface area contributed by atoms with Gasteiger partial charge in [0, 0.05) is 5.56 Å². The number of aromatic nitrogens is 3. The maximum Gasteiger partial charge on any atom is 0.280 e. The fourth-order valence-electron chi connectivity index (χ4n) is 3.17. The van der Waals surface area contributed by atoms with Crippen LogP contribution in [-0.2, 0) is 17.9 Å². The third kappa shape index (κ3) is 4.22. The molecule has 0 spiro atoms. The van der Waals surface area contributed by atoms with Gasteiger partial charge in [0.2, 0.25) is 0 Å². The Bertz CT molecular complexity index is 1190. The monoisotopic (exact) mass is 389 g/mol. The fraction of sp³-hybridized carbons (Fsp3) is 0.174. The number of benzene rings is 2. The molecule has 29 heavy (non-hydrogen) atoms. The topological polar surface area (TPSA) is 57.0 Å². The Morgan fingerprint density at radius 2 is 1.72 bits per heavy atom. The van der Waals surface area contributed by atoms with Crippen molar-refractivity contribution in [2.45, 2.75) is 20.1 Å². The zero-order valence-corrected chi connectivity index (χ0v) is 16.0. The Morgan fingerprint density at radius 1 is 0.966 bits per heavy atom. The Morgan fingerprint density at radius 3 is 2.48 bits per heavy atom. The first-order valence-electron chi connectivity index (χ1n) is 9.37. The van der Waals surface area contributed by atoms with Gasteiger partial charge in [0.15, 0.2) is 5.52 Å². The number of ether oxygens (including phenoxy) is 1. The second-order valence-electron chi connectivity index (χ2n) is 6.73. The standard InChI is InChI=1S/C23H20FN3O2/c1-16-25-21-12-11-20(18-7-9-19(24)10-8-18)26-22(21)23(28)27(16)13-14-29-15-17-5-3-2-4-6-17/h2-12H,13-15H2,1H3. The summed E-state index contributed by atoms with van der Waals surface area (Å²) in [5.74, 6) is 0.298. The first kappa shape index (κ1) is 19.0. The van der Waals surface area contributed by atoms with Gasteiger partial charge in [-0.1, -0.05) is 30.3 Å². The predicted molar refractivity (Wildman–Crippen MR) is 110 cm³/mol. The van der Waals surface area contributed by atoms with E-state index in [2.05, 4.69) is 9.97 Å². The highest BCUT2D eigenvalue weighted by atomic mass is 19.1. The minimum absolute atomic E-state index is 0.209. The van der Waals surface area contributed by atoms with Crippen LogP contribution in [0.1, 0.15) is 11.4 Å². The van der Waals surface area contributed by atoms with Crippen molar-refractivity contribution >= 4 is 11.0 Å². The first-order chi connectivity index (χ1) is 14.1. The predicted octanol–water partition coefficient (Wildman–Crippen LogP) is 4.12. The molecule has 5 nitrogen and oxygen atoms in total. The molecule has 0 aliphatic carbocycles. The normalized spacial score (nSPS) is 11.1. The van der Waals surface area contributed by atoms with E-state index in [-0.39, 0.29) is 11.4 Å². The van der Waals surface area contributed by atoms with Crippen LogP contribution in [0.5, 0.6) is 0 Å². The van der Waals surface area contributed by atoms with Crippen LogP contribution >= 0.6 is 0 Å². The van der Waals surface area contributed by atoms with Crippen molar-refractivity contribution in [1.82, 2.24) is 14.5 Å². The van der Waals surface area contributed by atoms with E-state index in [0.29, 0.717) is 42.3 Å². The largest absolute Gasteiger partial charge is 0.375 e. The molecule has 6 heteroatoms. The van der Waals surface area contributed by atoms with Gasteiger partial charge in [0.25, 0.3) is 5.56 Å². The lowest BCUT2D eigenvalue weighted by atomic mass is 10.1. The summed E-state index contributed by atoms with van der Waals surface area (Å²) in [6.07, 6.45) is 0. The summed E-state index contributed by atoms with van der Waals surface area (Å²) >= 11 is 0. The van der Waals surface area contributed by atoms with Gasteiger partial charge in [-0.15, -0.1) is 0 Å². The lowest BCUT2D eigenvalue weighted by Crippen LogP contribution is -2.26. The third-order valence-electron chi connectivity index (χ3n) is 4.71. The molecule has 0 amide bonds. The number of halogens is 1. The third-order valence-corrected chi connectivity index (χ3v) is 4.71. The summed E-state index contributed by atoms with van der Waals surface area (Å²) in [7, 11) is 0. The van der Waals surface area contributed by atoms with Crippen LogP contribution in [0.2, 0.25) is 0 Å². The van der Waals surface area contributed by atoms with Crippen molar-refractivity contribution < 1.29 is 9.13 Å². The molecule has 2 aromatic heterocycles. The summed E-state index contributed by atoms with van der Waals surface area (Å²) < 4.78 is 20.5. The van der Waals surface area contributed by atoms with Gasteiger partial charge in [-0.25, -0.2) is 14.4 Å². The second-order valence-corrected chi connectivity index (χ2v) is 6.73. The van der Waals surface area contributed by atoms with Crippen molar-refractivity contribution in [3.63, 3.8) is 0 Å². The molecule has 0 aliphatic heterocycles. The van der Waals surface area contributed by atoms with Gasteiger partial charge >= 0.3 is 0 Å². The highest BCUT2D eigenvalue weighted by molar-refractivity contribution is 5.77. The number of hydrogen-bond donors (Lipinski definition) is 0. The summed E-state index contributed by atoms with van der Waals surface area (Å²) in [5.41, 5.74) is 3.05. The summed E-state index contributed by atoms with van der Waals surface area (Å²) in [6, 6.07) is 19.5. The van der Waals surface area contributed by atoms with Crippen molar-refractivity contribution in [2.75, 3.05) is 6.61 Å². The molecule has 4 rings (SSSR count). The molecule has 0 N–H and O–H groups in total. The van der Waals surface area contributed by atoms with E-state index in [1.807, 2.05) is 30.3 Å². The van der Waals surface area contributed by atoms with E-state index in [1.165, 1.54) is 12.1 Å². The Kier molecular flexibility index (Phi) is 5.44. The van der Waals surface area contributed by atoms with Crippen LogP contribution in [0.3, 0.4) is 0 Å². The quantitative estimate of drug-likeness (QED) is 0.466. The molecule has 2 aromatic carbocycles. The van der Waals surface area contributed by atoms with Gasteiger partial charge in [-0.2, -0.15) is 0 Å². The summed E-state index contributed by atoms with van der Waals surface area (Å²) in [4.78, 5) is 22.0. The molecule has 0 atom stereocenters. The van der Waals surface area contributed by atoms with E-state index in [1.54, 1.807) is 35.8 Å². The molecule has 146 valence electrons. The lowest BCUT2D eigenvalue weighted by Gasteiger charge is -2.11. The molecule has 0 bridgehead atoms. The molecule has 0 saturated carbocycles. The number of nitrogens with zero attached hydrogens (tertiary/aromatic N) is 3. The van der Waals surface area contributed by atoms with Crippen LogP contribution in [0.15, 0.2) is 71.5 Å². The van der Waals surface area contributed by atoms with Crippen LogP contribution in [0.25, 0.3) is 22.3 Å². The molecule has 0 fully saturated rings. The number of hydrogen-bond acceptors (Lipinski definition) is 4. The second kappa shape index (κ2) is 8.32. The Hall–Kier alpha value is -3.38. The van der Waals surface area contributed by atoms with Crippen LogP contribution in [-0.4, -0.2) is 21.1 Å².